The van der Waals surface area contributed by atoms with Crippen LogP contribution in [0, 0.1) is 20.8 Å². The molecule has 0 spiro atoms. The molecule has 398 valence electrons. The van der Waals surface area contributed by atoms with Crippen LogP contribution < -0.4 is 22.9 Å². The number of rotatable bonds is 6. The van der Waals surface area contributed by atoms with Crippen molar-refractivity contribution in [1.82, 2.24) is 16.1 Å². The number of amides is 1. The van der Waals surface area contributed by atoms with Crippen LogP contribution in [0.3, 0.4) is 0 Å². The zero-order valence-electron chi connectivity index (χ0n) is 40.3. The van der Waals surface area contributed by atoms with Gasteiger partial charge in [0.05, 0.1) is 16.9 Å². The van der Waals surface area contributed by atoms with Crippen LogP contribution in [0.15, 0.2) is 150 Å². The van der Waals surface area contributed by atoms with Gasteiger partial charge in [-0.2, -0.15) is 4.98 Å². The number of hydrogen-bond acceptors (Lipinski definition) is 8. The molecule has 1 amide bonds. The number of fused-ring (bicyclic) bond motifs is 1. The lowest BCUT2D eigenvalue weighted by Gasteiger charge is -2.15. The number of carbonyl (C=O) groups is 4. The molecule has 0 saturated carbocycles. The Morgan fingerprint density at radius 1 is 0.548 bits per heavy atom. The maximum absolute atomic E-state index is 12.6. The van der Waals surface area contributed by atoms with Gasteiger partial charge >= 0.3 is 5.69 Å². The Kier molecular flexibility index (Phi) is 38.1. The average Bonchev–Trinajstić information content (AvgIpc) is 3.35. The quantitative estimate of drug-likeness (QED) is 0.0548. The summed E-state index contributed by atoms with van der Waals surface area (Å²) in [5.41, 5.74) is 14.0. The van der Waals surface area contributed by atoms with Gasteiger partial charge in [0.1, 0.15) is 0 Å². The highest BCUT2D eigenvalue weighted by molar-refractivity contribution is 6.88. The van der Waals surface area contributed by atoms with Crippen LogP contribution in [0.4, 0.5) is 11.4 Å². The van der Waals surface area contributed by atoms with Crippen LogP contribution in [-0.2, 0) is 9.59 Å². The molecule has 73 heavy (non-hydrogen) atoms. The number of halogens is 7. The molecule has 1 aromatic heterocycles. The van der Waals surface area contributed by atoms with Gasteiger partial charge in [0.15, 0.2) is 11.6 Å². The van der Waals surface area contributed by atoms with Gasteiger partial charge < -0.3 is 22.2 Å². The zero-order valence-corrected chi connectivity index (χ0v) is 45.6. The van der Waals surface area contributed by atoms with Crippen LogP contribution in [0.2, 0.25) is 0 Å². The van der Waals surface area contributed by atoms with E-state index in [-0.39, 0.29) is 45.7 Å². The number of alkyl halides is 6. The van der Waals surface area contributed by atoms with Gasteiger partial charge in [-0.25, -0.2) is 4.79 Å². The molecule has 0 aliphatic carbocycles. The Morgan fingerprint density at radius 3 is 1.37 bits per heavy atom. The van der Waals surface area contributed by atoms with Crippen LogP contribution in [0.1, 0.15) is 112 Å². The van der Waals surface area contributed by atoms with Crippen LogP contribution in [0.25, 0.3) is 22.2 Å². The number of aryl methyl sites for hydroxylation is 3. The van der Waals surface area contributed by atoms with E-state index in [0.717, 1.165) is 38.9 Å². The van der Waals surface area contributed by atoms with Crippen molar-refractivity contribution in [3.8, 4) is 11.3 Å². The first-order chi connectivity index (χ1) is 32.6. The standard InChI is InChI=1S/C16H12Cl3NO2.C15H12N2O.C14H13NO.C2Cl4O.3C2H6.3CH4.H3N/c1-10-7-8-13(20-15(22)16(17,18)19)12(9-10)14(21)11-5-3-2-4-6-11;1-10-7-8-13-12(9-10)14(17-15(18)16-13)11-5-3-2-4-6-11;1-10-7-8-13(15)12(9-10)14(16)11-5-3-2-4-6-11;3-1(7)2(4,5)6;3*1-2;;;;/h2-9H,1H3,(H,20,22);2-9H,1H3,(H,16,17,18);2-9H,15H2,1H3;;3*1-2H3;3*1H4;1H3. The van der Waals surface area contributed by atoms with Crippen molar-refractivity contribution in [3.63, 3.8) is 0 Å². The Hall–Kier alpha value is -5.27. The van der Waals surface area contributed by atoms with Gasteiger partial charge in [-0.15, -0.1) is 0 Å². The summed E-state index contributed by atoms with van der Waals surface area (Å²) in [6, 6.07) is 44.2. The number of nitrogens with two attached hydrogens (primary N) is 1. The molecule has 0 fully saturated rings. The van der Waals surface area contributed by atoms with Crippen molar-refractivity contribution >= 4 is 126 Å². The van der Waals surface area contributed by atoms with E-state index in [9.17, 15) is 24.0 Å². The highest BCUT2D eigenvalue weighted by Gasteiger charge is 2.31. The third-order valence-electron chi connectivity index (χ3n) is 8.61. The van der Waals surface area contributed by atoms with E-state index in [4.69, 9.17) is 86.9 Å². The Bertz CT molecular complexity index is 2780. The lowest BCUT2D eigenvalue weighted by Crippen LogP contribution is -2.27. The van der Waals surface area contributed by atoms with E-state index >= 15 is 0 Å². The molecule has 1 heterocycles. The van der Waals surface area contributed by atoms with Gasteiger partial charge in [-0.3, -0.25) is 19.2 Å². The third kappa shape index (κ3) is 25.0. The predicted octanol–water partition coefficient (Wildman–Crippen LogP) is 17.5. The van der Waals surface area contributed by atoms with E-state index in [1.165, 1.54) is 0 Å². The minimum absolute atomic E-state index is 0. The fraction of sp³-hybridized carbons (Fsp3) is 0.250. The fourth-order valence-corrected chi connectivity index (χ4v) is 5.73. The number of benzene rings is 6. The molecule has 10 nitrogen and oxygen atoms in total. The Morgan fingerprint density at radius 2 is 0.932 bits per heavy atom. The zero-order chi connectivity index (χ0) is 52.5. The topological polar surface area (TPSA) is 187 Å². The number of H-pyrrole nitrogens is 1. The van der Waals surface area contributed by atoms with E-state index in [1.807, 2.05) is 147 Å². The van der Waals surface area contributed by atoms with E-state index in [2.05, 4.69) is 15.3 Å². The lowest BCUT2D eigenvalue weighted by atomic mass is 10.00. The molecule has 7 aromatic rings. The number of aromatic nitrogens is 2. The second kappa shape index (κ2) is 37.5. The number of anilines is 2. The maximum Gasteiger partial charge on any atom is 0.345 e. The maximum atomic E-state index is 12.6. The van der Waals surface area contributed by atoms with Gasteiger partial charge in [0.25, 0.3) is 18.7 Å². The molecule has 7 rings (SSSR count). The molecule has 0 atom stereocenters. The number of nitrogens with one attached hydrogen (secondary N) is 2. The summed E-state index contributed by atoms with van der Waals surface area (Å²) in [5, 5.41) is 2.46. The Balaban J connectivity index is -0.000000430. The first-order valence-corrected chi connectivity index (χ1v) is 24.2. The molecule has 0 aliphatic rings. The predicted molar refractivity (Wildman–Crippen MR) is 318 cm³/mol. The highest BCUT2D eigenvalue weighted by Crippen LogP contribution is 2.30. The summed E-state index contributed by atoms with van der Waals surface area (Å²) in [4.78, 5) is 64.8. The minimum Gasteiger partial charge on any atom is -0.398 e. The number of hydrogen-bond donors (Lipinski definition) is 4. The molecule has 6 aromatic carbocycles. The van der Waals surface area contributed by atoms with Crippen molar-refractivity contribution in [1.29, 1.82) is 0 Å². The number of carbonyl (C=O) groups excluding carboxylic acids is 4. The molecule has 0 aliphatic heterocycles. The SMILES string of the molecule is C.C.C.CC.CC.CC.Cc1ccc(N)c(C(=O)c2ccccc2)c1.Cc1ccc(NC(=O)C(Cl)(Cl)Cl)c(C(=O)c2ccccc2)c1.Cc1ccc2[nH]c(=O)nc(-c3ccccc3)c2c1.N.O=C(Cl)C(Cl)(Cl)Cl. The normalized spacial score (nSPS) is 9.53. The molecule has 0 saturated heterocycles. The van der Waals surface area contributed by atoms with Crippen molar-refractivity contribution in [2.45, 2.75) is 92.2 Å². The van der Waals surface area contributed by atoms with Gasteiger partial charge in [-0.05, 0) is 68.8 Å². The van der Waals surface area contributed by atoms with E-state index in [1.54, 1.807) is 60.7 Å². The van der Waals surface area contributed by atoms with Gasteiger partial charge in [0.2, 0.25) is 0 Å². The summed E-state index contributed by atoms with van der Waals surface area (Å²) in [6.45, 7) is 17.8. The van der Waals surface area contributed by atoms with E-state index in [0.29, 0.717) is 33.6 Å². The summed E-state index contributed by atoms with van der Waals surface area (Å²) in [7, 11) is 0. The lowest BCUT2D eigenvalue weighted by molar-refractivity contribution is -0.115. The third-order valence-corrected chi connectivity index (χ3v) is 10.2. The first kappa shape index (κ1) is 74.3. The second-order valence-electron chi connectivity index (χ2n) is 13.6. The second-order valence-corrected chi connectivity index (χ2v) is 18.5. The summed E-state index contributed by atoms with van der Waals surface area (Å²) >= 11 is 36.1. The highest BCUT2D eigenvalue weighted by atomic mass is 35.6. The number of nitrogen functional groups attached to an aromatic ring is 1. The van der Waals surface area contributed by atoms with Crippen molar-refractivity contribution < 1.29 is 19.2 Å². The van der Waals surface area contributed by atoms with Gasteiger partial charge in [0, 0.05) is 38.9 Å². The van der Waals surface area contributed by atoms with Crippen molar-refractivity contribution in [2.75, 3.05) is 11.1 Å². The molecular formula is C56H70Cl7N5O5. The van der Waals surface area contributed by atoms with Crippen LogP contribution in [0.5, 0.6) is 0 Å². The summed E-state index contributed by atoms with van der Waals surface area (Å²) < 4.78 is -4.06. The molecule has 0 radical (unpaired) electrons. The van der Waals surface area contributed by atoms with Gasteiger partial charge in [-0.1, -0.05) is 259 Å². The van der Waals surface area contributed by atoms with Crippen LogP contribution in [-0.4, -0.2) is 40.3 Å². The number of ketones is 2. The molecule has 0 bridgehead atoms. The summed E-state index contributed by atoms with van der Waals surface area (Å²) in [6.07, 6.45) is 0. The van der Waals surface area contributed by atoms with Crippen molar-refractivity contribution in [2.24, 2.45) is 0 Å². The molecular weight excluding hydrogens is 1070 g/mol. The van der Waals surface area contributed by atoms with Crippen molar-refractivity contribution in [3.05, 3.63) is 195 Å². The largest absolute Gasteiger partial charge is 0.398 e. The smallest absolute Gasteiger partial charge is 0.345 e. The first-order valence-electron chi connectivity index (χ1n) is 21.5. The molecule has 17 heteroatoms. The Labute approximate surface area is 467 Å². The van der Waals surface area contributed by atoms with Crippen LogP contribution >= 0.6 is 81.2 Å². The number of nitrogens with zero attached hydrogens (tertiary/aromatic N) is 1. The average molecular weight is 1140 g/mol. The molecule has 7 N–H and O–H groups in total. The molecule has 0 unspecified atom stereocenters. The monoisotopic (exact) mass is 1140 g/mol. The van der Waals surface area contributed by atoms with E-state index < -0.39 is 18.7 Å². The number of aromatic amines is 1. The fourth-order valence-electron chi connectivity index (χ4n) is 5.59. The summed E-state index contributed by atoms with van der Waals surface area (Å²) in [5.74, 6) is -1.06. The minimum atomic E-state index is -2.10.